The summed E-state index contributed by atoms with van der Waals surface area (Å²) in [7, 11) is 3.71. The van der Waals surface area contributed by atoms with Gasteiger partial charge < -0.3 is 19.0 Å². The Bertz CT molecular complexity index is 655. The molecule has 1 heterocycles. The molecule has 0 bridgehead atoms. The summed E-state index contributed by atoms with van der Waals surface area (Å²) in [5.41, 5.74) is 0. The third kappa shape index (κ3) is 9.08. The first-order valence-corrected chi connectivity index (χ1v) is 11.9. The molecule has 8 nitrogen and oxygen atoms in total. The molecule has 0 radical (unpaired) electrons. The summed E-state index contributed by atoms with van der Waals surface area (Å²) < 4.78 is 10.7. The molecule has 0 spiro atoms. The van der Waals surface area contributed by atoms with Crippen molar-refractivity contribution in [1.29, 1.82) is 0 Å². The SMILES string of the molecule is COCCN(C)CCSc1nnc(C(=O)C(CC(C)C)N(C=O)C2CCCCC2)o1.Cl. The quantitative estimate of drug-likeness (QED) is 0.229. The molecular weight excluding hydrogens is 440 g/mol. The Balaban J connectivity index is 0.00000480. The van der Waals surface area contributed by atoms with E-state index in [9.17, 15) is 9.59 Å². The van der Waals surface area contributed by atoms with Gasteiger partial charge in [-0.25, -0.2) is 0 Å². The van der Waals surface area contributed by atoms with Crippen LogP contribution in [0.25, 0.3) is 0 Å². The van der Waals surface area contributed by atoms with E-state index in [4.69, 9.17) is 9.15 Å². The number of likely N-dealkylation sites (N-methyl/N-ethyl adjacent to an activating group) is 1. The molecule has 1 aliphatic carbocycles. The molecule has 1 unspecified atom stereocenters. The third-order valence-electron chi connectivity index (χ3n) is 5.47. The standard InChI is InChI=1S/C21H36N4O4S.ClH/c1-16(2)14-18(25(15-26)17-8-6-5-7-9-17)19(27)20-22-23-21(29-20)30-13-11-24(3)10-12-28-4;/h15-18H,5-14H2,1-4H3;1H. The van der Waals surface area contributed by atoms with Crippen LogP contribution in [0.15, 0.2) is 9.64 Å². The Labute approximate surface area is 196 Å². The topological polar surface area (TPSA) is 88.8 Å². The van der Waals surface area contributed by atoms with Gasteiger partial charge in [0, 0.05) is 32.0 Å². The summed E-state index contributed by atoms with van der Waals surface area (Å²) in [6, 6.07) is -0.438. The number of amides is 1. The van der Waals surface area contributed by atoms with Gasteiger partial charge in [0.15, 0.2) is 0 Å². The number of aromatic nitrogens is 2. The molecule has 1 aromatic heterocycles. The number of hydrogen-bond donors (Lipinski definition) is 0. The van der Waals surface area contributed by atoms with E-state index in [1.165, 1.54) is 18.2 Å². The van der Waals surface area contributed by atoms with Gasteiger partial charge in [-0.2, -0.15) is 0 Å². The molecule has 1 amide bonds. The molecular formula is C21H37ClN4O4S. The molecule has 0 aromatic carbocycles. The van der Waals surface area contributed by atoms with Crippen molar-refractivity contribution in [3.05, 3.63) is 5.89 Å². The molecule has 10 heteroatoms. The number of carbonyl (C=O) groups is 2. The molecule has 1 fully saturated rings. The van der Waals surface area contributed by atoms with Gasteiger partial charge in [-0.05, 0) is 32.2 Å². The highest BCUT2D eigenvalue weighted by Gasteiger charge is 2.35. The number of nitrogens with zero attached hydrogens (tertiary/aromatic N) is 4. The van der Waals surface area contributed by atoms with Crippen molar-refractivity contribution in [1.82, 2.24) is 20.0 Å². The number of ether oxygens (including phenoxy) is 1. The Kier molecular flexibility index (Phi) is 13.3. The molecule has 1 saturated carbocycles. The summed E-state index contributed by atoms with van der Waals surface area (Å²) in [4.78, 5) is 29.0. The predicted molar refractivity (Wildman–Crippen MR) is 124 cm³/mol. The minimum absolute atomic E-state index is 0. The first-order chi connectivity index (χ1) is 14.5. The molecule has 0 N–H and O–H groups in total. The number of thioether (sulfide) groups is 1. The molecule has 0 aliphatic heterocycles. The lowest BCUT2D eigenvalue weighted by atomic mass is 9.91. The van der Waals surface area contributed by atoms with Crippen LogP contribution in [0.1, 0.15) is 63.1 Å². The molecule has 2 rings (SSSR count). The number of ketones is 1. The third-order valence-corrected chi connectivity index (χ3v) is 6.27. The van der Waals surface area contributed by atoms with E-state index in [1.807, 2.05) is 7.05 Å². The Hall–Kier alpha value is -1.16. The van der Waals surface area contributed by atoms with E-state index in [2.05, 4.69) is 28.9 Å². The Morgan fingerprint density at radius 2 is 1.97 bits per heavy atom. The average molecular weight is 477 g/mol. The van der Waals surface area contributed by atoms with Crippen molar-refractivity contribution in [2.45, 2.75) is 69.7 Å². The fourth-order valence-electron chi connectivity index (χ4n) is 3.76. The van der Waals surface area contributed by atoms with Crippen LogP contribution in [0.3, 0.4) is 0 Å². The number of halogens is 1. The molecule has 1 atom stereocenters. The predicted octanol–water partition coefficient (Wildman–Crippen LogP) is 3.55. The number of carbonyl (C=O) groups excluding carboxylic acids is 2. The van der Waals surface area contributed by atoms with E-state index in [1.54, 1.807) is 12.0 Å². The van der Waals surface area contributed by atoms with Gasteiger partial charge in [0.25, 0.3) is 11.1 Å². The maximum atomic E-state index is 13.2. The lowest BCUT2D eigenvalue weighted by molar-refractivity contribution is -0.122. The van der Waals surface area contributed by atoms with Gasteiger partial charge >= 0.3 is 0 Å². The van der Waals surface area contributed by atoms with Gasteiger partial charge in [0.2, 0.25) is 12.2 Å². The zero-order chi connectivity index (χ0) is 21.9. The molecule has 31 heavy (non-hydrogen) atoms. The van der Waals surface area contributed by atoms with Crippen molar-refractivity contribution in [2.75, 3.05) is 39.6 Å². The summed E-state index contributed by atoms with van der Waals surface area (Å²) in [6.07, 6.45) is 6.70. The summed E-state index contributed by atoms with van der Waals surface area (Å²) >= 11 is 1.43. The van der Waals surface area contributed by atoms with E-state index in [-0.39, 0.29) is 36.0 Å². The smallest absolute Gasteiger partial charge is 0.286 e. The van der Waals surface area contributed by atoms with E-state index in [0.29, 0.717) is 18.3 Å². The van der Waals surface area contributed by atoms with E-state index >= 15 is 0 Å². The minimum atomic E-state index is -0.552. The van der Waals surface area contributed by atoms with Crippen molar-refractivity contribution >= 4 is 36.4 Å². The maximum absolute atomic E-state index is 13.2. The van der Waals surface area contributed by atoms with Crippen LogP contribution in [-0.4, -0.2) is 83.9 Å². The second kappa shape index (κ2) is 14.8. The number of Topliss-reactive ketones (excluding diaryl/α,β-unsaturated/α-hetero) is 1. The second-order valence-electron chi connectivity index (χ2n) is 8.37. The summed E-state index contributed by atoms with van der Waals surface area (Å²) in [5, 5.41) is 8.41. The monoisotopic (exact) mass is 476 g/mol. The van der Waals surface area contributed by atoms with Crippen LogP contribution in [0.5, 0.6) is 0 Å². The van der Waals surface area contributed by atoms with Crippen molar-refractivity contribution < 1.29 is 18.7 Å². The van der Waals surface area contributed by atoms with Crippen molar-refractivity contribution in [3.63, 3.8) is 0 Å². The van der Waals surface area contributed by atoms with Crippen LogP contribution in [0.2, 0.25) is 0 Å². The van der Waals surface area contributed by atoms with Gasteiger partial charge in [-0.15, -0.1) is 22.6 Å². The highest BCUT2D eigenvalue weighted by atomic mass is 35.5. The highest BCUT2D eigenvalue weighted by molar-refractivity contribution is 7.99. The fourth-order valence-corrected chi connectivity index (χ4v) is 4.58. The fraction of sp³-hybridized carbons (Fsp3) is 0.810. The van der Waals surface area contributed by atoms with Gasteiger partial charge in [0.05, 0.1) is 6.61 Å². The highest BCUT2D eigenvalue weighted by Crippen LogP contribution is 2.27. The lowest BCUT2D eigenvalue weighted by Gasteiger charge is -2.36. The summed E-state index contributed by atoms with van der Waals surface area (Å²) in [6.45, 7) is 6.49. The summed E-state index contributed by atoms with van der Waals surface area (Å²) in [5.74, 6) is 0.787. The average Bonchev–Trinajstić information content (AvgIpc) is 3.21. The van der Waals surface area contributed by atoms with Crippen LogP contribution < -0.4 is 0 Å². The van der Waals surface area contributed by atoms with Crippen LogP contribution in [-0.2, 0) is 9.53 Å². The maximum Gasteiger partial charge on any atom is 0.286 e. The largest absolute Gasteiger partial charge is 0.408 e. The van der Waals surface area contributed by atoms with Gasteiger partial charge in [-0.1, -0.05) is 44.9 Å². The first kappa shape index (κ1) is 27.9. The Morgan fingerprint density at radius 1 is 1.26 bits per heavy atom. The first-order valence-electron chi connectivity index (χ1n) is 10.9. The zero-order valence-corrected chi connectivity index (χ0v) is 20.8. The second-order valence-corrected chi connectivity index (χ2v) is 9.42. The normalized spacial score (nSPS) is 15.7. The number of hydrogen-bond acceptors (Lipinski definition) is 8. The number of rotatable bonds is 14. The van der Waals surface area contributed by atoms with Crippen molar-refractivity contribution in [2.24, 2.45) is 5.92 Å². The van der Waals surface area contributed by atoms with Gasteiger partial charge in [0.1, 0.15) is 6.04 Å². The van der Waals surface area contributed by atoms with Crippen LogP contribution in [0.4, 0.5) is 0 Å². The van der Waals surface area contributed by atoms with E-state index in [0.717, 1.165) is 50.9 Å². The number of methoxy groups -OCH3 is 1. The lowest BCUT2D eigenvalue weighted by Crippen LogP contribution is -2.48. The molecule has 178 valence electrons. The van der Waals surface area contributed by atoms with Crippen LogP contribution in [0, 0.1) is 5.92 Å². The van der Waals surface area contributed by atoms with E-state index < -0.39 is 6.04 Å². The van der Waals surface area contributed by atoms with Crippen molar-refractivity contribution in [3.8, 4) is 0 Å². The minimum Gasteiger partial charge on any atom is -0.408 e. The molecule has 1 aliphatic rings. The molecule has 0 saturated heterocycles. The Morgan fingerprint density at radius 3 is 2.58 bits per heavy atom. The van der Waals surface area contributed by atoms with Gasteiger partial charge in [-0.3, -0.25) is 9.59 Å². The molecule has 1 aromatic rings. The zero-order valence-electron chi connectivity index (χ0n) is 19.1. The van der Waals surface area contributed by atoms with Crippen LogP contribution >= 0.6 is 24.2 Å².